The van der Waals surface area contributed by atoms with Gasteiger partial charge in [0.1, 0.15) is 0 Å². The zero-order valence-corrected chi connectivity index (χ0v) is 22.6. The van der Waals surface area contributed by atoms with Crippen molar-refractivity contribution in [2.24, 2.45) is 5.92 Å². The Labute approximate surface area is 229 Å². The number of benzene rings is 1. The van der Waals surface area contributed by atoms with E-state index in [0.29, 0.717) is 17.2 Å². The lowest BCUT2D eigenvalue weighted by atomic mass is 9.82. The van der Waals surface area contributed by atoms with Crippen LogP contribution in [-0.2, 0) is 10.0 Å². The van der Waals surface area contributed by atoms with Gasteiger partial charge in [-0.1, -0.05) is 6.42 Å². The van der Waals surface area contributed by atoms with Crippen LogP contribution >= 0.6 is 0 Å². The van der Waals surface area contributed by atoms with E-state index >= 15 is 0 Å². The zero-order chi connectivity index (χ0) is 28.8. The maximum atomic E-state index is 14.7. The molecule has 0 radical (unpaired) electrons. The fraction of sp³-hybridized carbons (Fsp3) is 0.423. The number of piperidine rings is 1. The molecule has 1 aliphatic heterocycles. The topological polar surface area (TPSA) is 118 Å². The largest absolute Gasteiger partial charge is 0.435 e. The lowest BCUT2D eigenvalue weighted by Gasteiger charge is -2.35. The Morgan fingerprint density at radius 3 is 2.42 bits per heavy atom. The highest BCUT2D eigenvalue weighted by Gasteiger charge is 2.50. The SMILES string of the molecule is C1CCNCC1.CNc1nccc(-c2cccnc2Oc2ccc(NS(=O)(=O)CC3CCC3(F)F)c(F)c2F)n1. The number of hydrogen-bond acceptors (Lipinski definition) is 8. The Morgan fingerprint density at radius 1 is 1.05 bits per heavy atom. The van der Waals surface area contributed by atoms with E-state index in [1.807, 2.05) is 4.72 Å². The van der Waals surface area contributed by atoms with Crippen LogP contribution in [0.3, 0.4) is 0 Å². The summed E-state index contributed by atoms with van der Waals surface area (Å²) in [4.78, 5) is 12.3. The summed E-state index contributed by atoms with van der Waals surface area (Å²) in [5.74, 6) is -8.70. The summed E-state index contributed by atoms with van der Waals surface area (Å²) >= 11 is 0. The van der Waals surface area contributed by atoms with E-state index in [0.717, 1.165) is 12.1 Å². The number of rotatable bonds is 8. The van der Waals surface area contributed by atoms with E-state index in [4.69, 9.17) is 4.74 Å². The second kappa shape index (κ2) is 12.8. The fourth-order valence-corrected chi connectivity index (χ4v) is 5.65. The van der Waals surface area contributed by atoms with Gasteiger partial charge >= 0.3 is 0 Å². The number of alkyl halides is 2. The minimum atomic E-state index is -4.34. The van der Waals surface area contributed by atoms with Crippen molar-refractivity contribution >= 4 is 21.7 Å². The maximum Gasteiger partial charge on any atom is 0.252 e. The van der Waals surface area contributed by atoms with E-state index < -0.39 is 57.1 Å². The second-order valence-corrected chi connectivity index (χ2v) is 11.2. The smallest absolute Gasteiger partial charge is 0.252 e. The molecule has 0 spiro atoms. The molecule has 1 saturated carbocycles. The predicted octanol–water partition coefficient (Wildman–Crippen LogP) is 5.20. The first-order chi connectivity index (χ1) is 19.1. The zero-order valence-electron chi connectivity index (χ0n) is 21.8. The molecule has 9 nitrogen and oxygen atoms in total. The minimum absolute atomic E-state index is 0.0338. The molecule has 0 bridgehead atoms. The van der Waals surface area contributed by atoms with Crippen molar-refractivity contribution in [3.05, 3.63) is 54.4 Å². The second-order valence-electron chi connectivity index (χ2n) is 9.40. The van der Waals surface area contributed by atoms with Crippen molar-refractivity contribution in [3.8, 4) is 22.9 Å². The quantitative estimate of drug-likeness (QED) is 0.311. The number of nitrogens with one attached hydrogen (secondary N) is 3. The third kappa shape index (κ3) is 7.36. The van der Waals surface area contributed by atoms with Gasteiger partial charge in [-0.2, -0.15) is 4.39 Å². The van der Waals surface area contributed by atoms with Crippen molar-refractivity contribution in [1.29, 1.82) is 0 Å². The first-order valence-electron chi connectivity index (χ1n) is 12.8. The lowest BCUT2D eigenvalue weighted by Crippen LogP contribution is -2.43. The normalized spacial score (nSPS) is 18.1. The van der Waals surface area contributed by atoms with Crippen LogP contribution in [0.2, 0.25) is 0 Å². The molecular formula is C26H30F4N6O3S. The number of halogens is 4. The highest BCUT2D eigenvalue weighted by Crippen LogP contribution is 2.44. The summed E-state index contributed by atoms with van der Waals surface area (Å²) in [6.45, 7) is 2.50. The molecule has 2 aromatic heterocycles. The van der Waals surface area contributed by atoms with Crippen molar-refractivity contribution in [3.63, 3.8) is 0 Å². The van der Waals surface area contributed by atoms with Gasteiger partial charge in [0.25, 0.3) is 5.92 Å². The van der Waals surface area contributed by atoms with Crippen LogP contribution in [0.15, 0.2) is 42.7 Å². The van der Waals surface area contributed by atoms with Crippen molar-refractivity contribution in [2.45, 2.75) is 38.0 Å². The van der Waals surface area contributed by atoms with Gasteiger partial charge in [0.15, 0.2) is 11.6 Å². The van der Waals surface area contributed by atoms with Crippen LogP contribution in [0.25, 0.3) is 11.3 Å². The number of hydrogen-bond donors (Lipinski definition) is 3. The van der Waals surface area contributed by atoms with Crippen LogP contribution in [0.4, 0.5) is 29.2 Å². The van der Waals surface area contributed by atoms with Crippen molar-refractivity contribution in [2.75, 3.05) is 35.9 Å². The molecule has 1 atom stereocenters. The molecular weight excluding hydrogens is 552 g/mol. The molecule has 0 amide bonds. The number of pyridine rings is 1. The molecule has 3 N–H and O–H groups in total. The Morgan fingerprint density at radius 2 is 1.82 bits per heavy atom. The summed E-state index contributed by atoms with van der Waals surface area (Å²) in [6, 6.07) is 6.73. The van der Waals surface area contributed by atoms with Gasteiger partial charge in [-0.05, 0) is 62.7 Å². The first-order valence-corrected chi connectivity index (χ1v) is 14.5. The summed E-state index contributed by atoms with van der Waals surface area (Å²) in [5, 5.41) is 6.07. The molecule has 1 aliphatic carbocycles. The molecule has 3 aromatic rings. The number of nitrogens with zero attached hydrogens (tertiary/aromatic N) is 3. The van der Waals surface area contributed by atoms with Crippen LogP contribution in [0.5, 0.6) is 11.6 Å². The first kappa shape index (κ1) is 29.5. The van der Waals surface area contributed by atoms with Gasteiger partial charge in [-0.3, -0.25) is 4.72 Å². The van der Waals surface area contributed by atoms with Gasteiger partial charge in [0, 0.05) is 31.8 Å². The standard InChI is InChI=1S/C21H19F4N5O3S.C5H11N/c1-26-20-28-10-7-14(29-20)13-3-2-9-27-19(13)33-16-5-4-15(17(22)18(16)23)30-34(31,32)11-12-6-8-21(12,24)25;1-2-4-6-5-3-1/h2-5,7,9-10,12,30H,6,8,11H2,1H3,(H,26,28,29);6H,1-5H2. The summed E-state index contributed by atoms with van der Waals surface area (Å²) in [6.07, 6.45) is 6.72. The van der Waals surface area contributed by atoms with Crippen molar-refractivity contribution in [1.82, 2.24) is 20.3 Å². The third-order valence-electron chi connectivity index (χ3n) is 6.50. The highest BCUT2D eigenvalue weighted by atomic mass is 32.2. The molecule has 1 saturated heterocycles. The molecule has 216 valence electrons. The Balaban J connectivity index is 0.000000546. The molecule has 3 heterocycles. The third-order valence-corrected chi connectivity index (χ3v) is 7.87. The van der Waals surface area contributed by atoms with E-state index in [1.165, 1.54) is 44.7 Å². The maximum absolute atomic E-state index is 14.7. The molecule has 2 fully saturated rings. The monoisotopic (exact) mass is 582 g/mol. The molecule has 40 heavy (non-hydrogen) atoms. The summed E-state index contributed by atoms with van der Waals surface area (Å²) < 4.78 is 87.9. The fourth-order valence-electron chi connectivity index (χ4n) is 4.14. The van der Waals surface area contributed by atoms with Gasteiger partial charge in [-0.15, -0.1) is 0 Å². The molecule has 1 aromatic carbocycles. The summed E-state index contributed by atoms with van der Waals surface area (Å²) in [5.41, 5.74) is 0.0520. The lowest BCUT2D eigenvalue weighted by molar-refractivity contribution is -0.122. The van der Waals surface area contributed by atoms with Gasteiger partial charge in [-0.25, -0.2) is 36.5 Å². The molecule has 5 rings (SSSR count). The minimum Gasteiger partial charge on any atom is -0.435 e. The number of aromatic nitrogens is 3. The number of anilines is 2. The van der Waals surface area contributed by atoms with Gasteiger partial charge in [0.2, 0.25) is 27.7 Å². The van der Waals surface area contributed by atoms with Gasteiger partial charge < -0.3 is 15.4 Å². The Bertz CT molecular complexity index is 1410. The van der Waals surface area contributed by atoms with E-state index in [-0.39, 0.29) is 12.3 Å². The van der Waals surface area contributed by atoms with E-state index in [2.05, 4.69) is 25.6 Å². The molecule has 2 aliphatic rings. The van der Waals surface area contributed by atoms with Crippen LogP contribution < -0.4 is 20.1 Å². The molecule has 1 unspecified atom stereocenters. The Kier molecular flexibility index (Phi) is 9.40. The number of ether oxygens (including phenoxy) is 1. The van der Waals surface area contributed by atoms with Gasteiger partial charge in [0.05, 0.1) is 22.7 Å². The van der Waals surface area contributed by atoms with E-state index in [9.17, 15) is 26.0 Å². The highest BCUT2D eigenvalue weighted by molar-refractivity contribution is 7.92. The van der Waals surface area contributed by atoms with Crippen LogP contribution in [0.1, 0.15) is 32.1 Å². The van der Waals surface area contributed by atoms with E-state index in [1.54, 1.807) is 25.2 Å². The number of sulfonamides is 1. The average molecular weight is 583 g/mol. The Hall–Kier alpha value is -3.52. The van der Waals surface area contributed by atoms with Crippen LogP contribution in [-0.4, -0.2) is 55.2 Å². The summed E-state index contributed by atoms with van der Waals surface area (Å²) in [7, 11) is -2.71. The average Bonchev–Trinajstić information content (AvgIpc) is 2.97. The van der Waals surface area contributed by atoms with Crippen LogP contribution in [0, 0.1) is 17.6 Å². The molecule has 14 heteroatoms. The van der Waals surface area contributed by atoms with Crippen molar-refractivity contribution < 1.29 is 30.7 Å². The predicted molar refractivity (Wildman–Crippen MR) is 143 cm³/mol.